The first-order valence-corrected chi connectivity index (χ1v) is 7.30. The lowest BCUT2D eigenvalue weighted by Gasteiger charge is -2.25. The van der Waals surface area contributed by atoms with Gasteiger partial charge in [-0.15, -0.1) is 0 Å². The second-order valence-electron chi connectivity index (χ2n) is 5.49. The molecule has 1 unspecified atom stereocenters. The number of nitrogens with one attached hydrogen (secondary N) is 2. The Morgan fingerprint density at radius 3 is 2.65 bits per heavy atom. The van der Waals surface area contributed by atoms with Gasteiger partial charge >= 0.3 is 0 Å². The number of hydrogen-bond donors (Lipinski definition) is 2. The Morgan fingerprint density at radius 2 is 2.00 bits per heavy atom. The molecule has 2 N–H and O–H groups in total. The maximum Gasteiger partial charge on any atom is 0.123 e. The highest BCUT2D eigenvalue weighted by atomic mass is 19.1. The molecule has 1 fully saturated rings. The van der Waals surface area contributed by atoms with Crippen LogP contribution < -0.4 is 5.32 Å². The van der Waals surface area contributed by atoms with Gasteiger partial charge in [-0.3, -0.25) is 0 Å². The van der Waals surface area contributed by atoms with Crippen molar-refractivity contribution in [2.45, 2.75) is 38.3 Å². The van der Waals surface area contributed by atoms with Crippen molar-refractivity contribution >= 4 is 0 Å². The van der Waals surface area contributed by atoms with Gasteiger partial charge in [0.1, 0.15) is 11.6 Å². The van der Waals surface area contributed by atoms with E-state index in [1.807, 2.05) is 18.3 Å². The lowest BCUT2D eigenvalue weighted by Crippen LogP contribution is -2.27. The van der Waals surface area contributed by atoms with Crippen LogP contribution >= 0.6 is 0 Å². The summed E-state index contributed by atoms with van der Waals surface area (Å²) in [6.07, 6.45) is 8.68. The molecular weight excluding hydrogens is 253 g/mol. The van der Waals surface area contributed by atoms with Crippen LogP contribution in [0.15, 0.2) is 36.7 Å². The summed E-state index contributed by atoms with van der Waals surface area (Å²) in [6, 6.07) is 7.17. The number of nitrogens with zero attached hydrogens (tertiary/aromatic N) is 1. The fraction of sp³-hybridized carbons (Fsp3) is 0.438. The molecule has 1 atom stereocenters. The monoisotopic (exact) mass is 273 g/mol. The highest BCUT2D eigenvalue weighted by Gasteiger charge is 2.26. The summed E-state index contributed by atoms with van der Waals surface area (Å²) in [4.78, 5) is 7.35. The van der Waals surface area contributed by atoms with Crippen LogP contribution in [0.2, 0.25) is 0 Å². The number of aromatic amines is 1. The number of benzene rings is 1. The van der Waals surface area contributed by atoms with Crippen molar-refractivity contribution in [3.8, 4) is 0 Å². The van der Waals surface area contributed by atoms with Crippen LogP contribution in [0.4, 0.5) is 4.39 Å². The van der Waals surface area contributed by atoms with Gasteiger partial charge in [0.25, 0.3) is 0 Å². The van der Waals surface area contributed by atoms with Crippen LogP contribution in [0.1, 0.15) is 43.1 Å². The molecule has 20 heavy (non-hydrogen) atoms. The van der Waals surface area contributed by atoms with Crippen molar-refractivity contribution in [1.29, 1.82) is 0 Å². The lowest BCUT2D eigenvalue weighted by molar-refractivity contribution is 0.363. The van der Waals surface area contributed by atoms with E-state index in [0.29, 0.717) is 12.5 Å². The SMILES string of the molecule is Fc1ccc(C(NCc2ncc[nH]2)C2CCCC2)cc1. The molecule has 1 aromatic carbocycles. The highest BCUT2D eigenvalue weighted by Crippen LogP contribution is 2.35. The summed E-state index contributed by atoms with van der Waals surface area (Å²) in [5.41, 5.74) is 1.17. The number of rotatable bonds is 5. The fourth-order valence-corrected chi connectivity index (χ4v) is 3.12. The molecule has 1 aliphatic carbocycles. The predicted octanol–water partition coefficient (Wildman–Crippen LogP) is 3.57. The van der Waals surface area contributed by atoms with E-state index in [2.05, 4.69) is 15.3 Å². The lowest BCUT2D eigenvalue weighted by atomic mass is 9.91. The van der Waals surface area contributed by atoms with Crippen molar-refractivity contribution in [3.05, 3.63) is 53.9 Å². The van der Waals surface area contributed by atoms with Crippen molar-refractivity contribution < 1.29 is 4.39 Å². The van der Waals surface area contributed by atoms with Crippen LogP contribution in [0.25, 0.3) is 0 Å². The van der Waals surface area contributed by atoms with Gasteiger partial charge in [-0.05, 0) is 36.5 Å². The summed E-state index contributed by atoms with van der Waals surface area (Å²) < 4.78 is 13.1. The Kier molecular flexibility index (Phi) is 4.11. The molecule has 106 valence electrons. The molecule has 1 saturated carbocycles. The Labute approximate surface area is 118 Å². The molecule has 1 aromatic heterocycles. The first-order valence-electron chi connectivity index (χ1n) is 7.30. The third kappa shape index (κ3) is 3.07. The number of hydrogen-bond acceptors (Lipinski definition) is 2. The average molecular weight is 273 g/mol. The highest BCUT2D eigenvalue weighted by molar-refractivity contribution is 5.21. The number of halogens is 1. The van der Waals surface area contributed by atoms with E-state index in [0.717, 1.165) is 5.82 Å². The molecular formula is C16H20FN3. The van der Waals surface area contributed by atoms with E-state index >= 15 is 0 Å². The maximum absolute atomic E-state index is 13.1. The van der Waals surface area contributed by atoms with Crippen molar-refractivity contribution in [3.63, 3.8) is 0 Å². The minimum atomic E-state index is -0.176. The van der Waals surface area contributed by atoms with Crippen LogP contribution in [0, 0.1) is 11.7 Å². The van der Waals surface area contributed by atoms with Gasteiger partial charge in [0.2, 0.25) is 0 Å². The molecule has 0 amide bonds. The number of imidazole rings is 1. The van der Waals surface area contributed by atoms with Gasteiger partial charge in [-0.2, -0.15) is 0 Å². The van der Waals surface area contributed by atoms with Crippen LogP contribution in [-0.4, -0.2) is 9.97 Å². The van der Waals surface area contributed by atoms with Crippen LogP contribution in [-0.2, 0) is 6.54 Å². The predicted molar refractivity (Wildman–Crippen MR) is 76.5 cm³/mol. The summed E-state index contributed by atoms with van der Waals surface area (Å²) in [5.74, 6) is 1.40. The molecule has 4 heteroatoms. The number of H-pyrrole nitrogens is 1. The molecule has 3 rings (SSSR count). The Balaban J connectivity index is 1.74. The van der Waals surface area contributed by atoms with E-state index < -0.39 is 0 Å². The molecule has 1 heterocycles. The summed E-state index contributed by atoms with van der Waals surface area (Å²) >= 11 is 0. The third-order valence-electron chi connectivity index (χ3n) is 4.14. The zero-order valence-corrected chi connectivity index (χ0v) is 11.5. The van der Waals surface area contributed by atoms with E-state index in [-0.39, 0.29) is 11.9 Å². The Bertz CT molecular complexity index is 515. The Morgan fingerprint density at radius 1 is 1.25 bits per heavy atom. The first kappa shape index (κ1) is 13.3. The van der Waals surface area contributed by atoms with E-state index in [4.69, 9.17) is 0 Å². The minimum absolute atomic E-state index is 0.176. The van der Waals surface area contributed by atoms with Crippen LogP contribution in [0.5, 0.6) is 0 Å². The molecule has 0 radical (unpaired) electrons. The smallest absolute Gasteiger partial charge is 0.123 e. The molecule has 3 nitrogen and oxygen atoms in total. The van der Waals surface area contributed by atoms with Gasteiger partial charge in [-0.1, -0.05) is 25.0 Å². The van der Waals surface area contributed by atoms with Gasteiger partial charge in [0, 0.05) is 18.4 Å². The van der Waals surface area contributed by atoms with Crippen LogP contribution in [0.3, 0.4) is 0 Å². The van der Waals surface area contributed by atoms with Crippen molar-refractivity contribution in [2.75, 3.05) is 0 Å². The molecule has 0 bridgehead atoms. The van der Waals surface area contributed by atoms with Gasteiger partial charge < -0.3 is 10.3 Å². The second-order valence-corrected chi connectivity index (χ2v) is 5.49. The zero-order chi connectivity index (χ0) is 13.8. The first-order chi connectivity index (χ1) is 9.83. The fourth-order valence-electron chi connectivity index (χ4n) is 3.12. The van der Waals surface area contributed by atoms with Gasteiger partial charge in [0.05, 0.1) is 6.54 Å². The standard InChI is InChI=1S/C16H20FN3/c17-14-7-5-13(6-8-14)16(12-3-1-2-4-12)20-11-15-18-9-10-19-15/h5-10,12,16,20H,1-4,11H2,(H,18,19). The number of aromatic nitrogens is 2. The molecule has 0 saturated heterocycles. The van der Waals surface area contributed by atoms with E-state index in [1.54, 1.807) is 18.3 Å². The van der Waals surface area contributed by atoms with E-state index in [1.165, 1.54) is 31.2 Å². The zero-order valence-electron chi connectivity index (χ0n) is 11.5. The van der Waals surface area contributed by atoms with Gasteiger partial charge in [-0.25, -0.2) is 9.37 Å². The second kappa shape index (κ2) is 6.18. The summed E-state index contributed by atoms with van der Waals surface area (Å²) in [5, 5.41) is 3.58. The normalized spacial score (nSPS) is 17.4. The molecule has 0 spiro atoms. The largest absolute Gasteiger partial charge is 0.348 e. The minimum Gasteiger partial charge on any atom is -0.348 e. The Hall–Kier alpha value is -1.68. The van der Waals surface area contributed by atoms with Crippen molar-refractivity contribution in [2.24, 2.45) is 5.92 Å². The van der Waals surface area contributed by atoms with Gasteiger partial charge in [0.15, 0.2) is 0 Å². The van der Waals surface area contributed by atoms with Crippen molar-refractivity contribution in [1.82, 2.24) is 15.3 Å². The summed E-state index contributed by atoms with van der Waals surface area (Å²) in [7, 11) is 0. The maximum atomic E-state index is 13.1. The van der Waals surface area contributed by atoms with E-state index in [9.17, 15) is 4.39 Å². The summed E-state index contributed by atoms with van der Waals surface area (Å²) in [6.45, 7) is 0.714. The third-order valence-corrected chi connectivity index (χ3v) is 4.14. The molecule has 1 aliphatic rings. The molecule has 0 aliphatic heterocycles. The quantitative estimate of drug-likeness (QED) is 0.874. The average Bonchev–Trinajstić information content (AvgIpc) is 3.14. The topological polar surface area (TPSA) is 40.7 Å². The molecule has 2 aromatic rings.